The highest BCUT2D eigenvalue weighted by molar-refractivity contribution is 5.32. The molecule has 0 amide bonds. The van der Waals surface area contributed by atoms with Gasteiger partial charge in [0.2, 0.25) is 0 Å². The average molecular weight is 259 g/mol. The van der Waals surface area contributed by atoms with E-state index in [1.807, 2.05) is 37.3 Å². The van der Waals surface area contributed by atoms with Crippen molar-refractivity contribution < 1.29 is 0 Å². The van der Waals surface area contributed by atoms with E-state index in [-0.39, 0.29) is 0 Å². The molecule has 0 bridgehead atoms. The molecule has 0 spiro atoms. The summed E-state index contributed by atoms with van der Waals surface area (Å²) in [5, 5.41) is 13.1. The first-order chi connectivity index (χ1) is 9.04. The Labute approximate surface area is 117 Å². The van der Waals surface area contributed by atoms with Gasteiger partial charge in [-0.25, -0.2) is 0 Å². The van der Waals surface area contributed by atoms with Crippen LogP contribution in [0.25, 0.3) is 0 Å². The third-order valence-corrected chi connectivity index (χ3v) is 3.12. The normalized spacial score (nSPS) is 14.4. The van der Waals surface area contributed by atoms with E-state index in [4.69, 9.17) is 0 Å². The summed E-state index contributed by atoms with van der Waals surface area (Å²) in [5.41, 5.74) is 0.412. The van der Waals surface area contributed by atoms with Crippen LogP contribution in [0, 0.1) is 17.2 Å². The third-order valence-electron chi connectivity index (χ3n) is 3.12. The Morgan fingerprint density at radius 1 is 1.32 bits per heavy atom. The van der Waals surface area contributed by atoms with Gasteiger partial charge < -0.3 is 4.90 Å². The Morgan fingerprint density at radius 2 is 1.95 bits per heavy atom. The van der Waals surface area contributed by atoms with E-state index < -0.39 is 5.54 Å². The van der Waals surface area contributed by atoms with Crippen molar-refractivity contribution in [2.75, 3.05) is 26.7 Å². The van der Waals surface area contributed by atoms with Gasteiger partial charge in [-0.05, 0) is 25.1 Å². The molecule has 0 fully saturated rings. The molecule has 3 heteroatoms. The van der Waals surface area contributed by atoms with E-state index >= 15 is 0 Å². The van der Waals surface area contributed by atoms with Crippen LogP contribution in [0.5, 0.6) is 0 Å². The van der Waals surface area contributed by atoms with E-state index in [0.717, 1.165) is 18.7 Å². The SMILES string of the molecule is CCNC(C#N)(CN(C)CC(C)C)c1ccccc1. The molecule has 0 aliphatic rings. The Morgan fingerprint density at radius 3 is 2.42 bits per heavy atom. The van der Waals surface area contributed by atoms with Crippen LogP contribution in [0.3, 0.4) is 0 Å². The van der Waals surface area contributed by atoms with E-state index in [0.29, 0.717) is 12.5 Å². The maximum Gasteiger partial charge on any atom is 0.145 e. The van der Waals surface area contributed by atoms with Crippen LogP contribution in [0.15, 0.2) is 30.3 Å². The summed E-state index contributed by atoms with van der Waals surface area (Å²) in [6, 6.07) is 12.5. The van der Waals surface area contributed by atoms with E-state index in [2.05, 4.69) is 37.2 Å². The number of nitriles is 1. The van der Waals surface area contributed by atoms with Crippen molar-refractivity contribution in [2.24, 2.45) is 5.92 Å². The van der Waals surface area contributed by atoms with Gasteiger partial charge in [-0.15, -0.1) is 0 Å². The minimum Gasteiger partial charge on any atom is -0.303 e. The van der Waals surface area contributed by atoms with E-state index in [1.165, 1.54) is 0 Å². The van der Waals surface area contributed by atoms with Crippen molar-refractivity contribution in [3.8, 4) is 6.07 Å². The molecule has 0 aromatic heterocycles. The fourth-order valence-electron chi connectivity index (χ4n) is 2.51. The number of benzene rings is 1. The number of hydrogen-bond acceptors (Lipinski definition) is 3. The van der Waals surface area contributed by atoms with Gasteiger partial charge in [0.15, 0.2) is 0 Å². The smallest absolute Gasteiger partial charge is 0.145 e. The standard InChI is InChI=1S/C16H25N3/c1-5-18-16(12-17,13-19(4)11-14(2)3)15-9-7-6-8-10-15/h6-10,14,18H,5,11,13H2,1-4H3. The van der Waals surface area contributed by atoms with E-state index in [9.17, 15) is 5.26 Å². The summed E-state index contributed by atoms with van der Waals surface area (Å²) in [6.07, 6.45) is 0. The van der Waals surface area contributed by atoms with Gasteiger partial charge in [0.1, 0.15) is 5.54 Å². The average Bonchev–Trinajstić information content (AvgIpc) is 2.38. The molecule has 104 valence electrons. The molecule has 1 aromatic carbocycles. The number of nitrogens with zero attached hydrogens (tertiary/aromatic N) is 2. The van der Waals surface area contributed by atoms with Crippen LogP contribution < -0.4 is 5.32 Å². The summed E-state index contributed by atoms with van der Waals surface area (Å²) in [7, 11) is 2.08. The molecule has 1 unspecified atom stereocenters. The van der Waals surface area contributed by atoms with E-state index in [1.54, 1.807) is 0 Å². The van der Waals surface area contributed by atoms with Gasteiger partial charge in [0, 0.05) is 13.1 Å². The number of nitrogens with one attached hydrogen (secondary N) is 1. The number of hydrogen-bond donors (Lipinski definition) is 1. The van der Waals surface area contributed by atoms with Crippen LogP contribution in [0.1, 0.15) is 26.3 Å². The molecule has 1 rings (SSSR count). The van der Waals surface area contributed by atoms with Crippen LogP contribution >= 0.6 is 0 Å². The first-order valence-corrected chi connectivity index (χ1v) is 6.94. The van der Waals surface area contributed by atoms with Crippen LogP contribution in [-0.4, -0.2) is 31.6 Å². The quantitative estimate of drug-likeness (QED) is 0.818. The second kappa shape index (κ2) is 7.28. The Kier molecular flexibility index (Phi) is 6.01. The zero-order valence-corrected chi connectivity index (χ0v) is 12.5. The van der Waals surface area contributed by atoms with Crippen molar-refractivity contribution >= 4 is 0 Å². The topological polar surface area (TPSA) is 39.1 Å². The zero-order chi connectivity index (χ0) is 14.3. The van der Waals surface area contributed by atoms with Crippen LogP contribution in [0.2, 0.25) is 0 Å². The van der Waals surface area contributed by atoms with Crippen molar-refractivity contribution in [2.45, 2.75) is 26.3 Å². The van der Waals surface area contributed by atoms with Gasteiger partial charge in [-0.2, -0.15) is 5.26 Å². The molecule has 1 atom stereocenters. The number of rotatable bonds is 7. The van der Waals surface area contributed by atoms with Crippen molar-refractivity contribution in [1.29, 1.82) is 5.26 Å². The first kappa shape index (κ1) is 15.7. The predicted octanol–water partition coefficient (Wildman–Crippen LogP) is 2.60. The van der Waals surface area contributed by atoms with Gasteiger partial charge in [-0.3, -0.25) is 5.32 Å². The summed E-state index contributed by atoms with van der Waals surface area (Å²) >= 11 is 0. The Hall–Kier alpha value is -1.37. The lowest BCUT2D eigenvalue weighted by Gasteiger charge is -2.33. The molecule has 0 heterocycles. The molecule has 0 saturated carbocycles. The van der Waals surface area contributed by atoms with Gasteiger partial charge in [-0.1, -0.05) is 51.1 Å². The minimum atomic E-state index is -0.625. The van der Waals surface area contributed by atoms with Crippen molar-refractivity contribution in [3.05, 3.63) is 35.9 Å². The molecule has 1 aromatic rings. The first-order valence-electron chi connectivity index (χ1n) is 6.94. The predicted molar refractivity (Wildman–Crippen MR) is 79.7 cm³/mol. The summed E-state index contributed by atoms with van der Waals surface area (Å²) in [6.45, 7) is 8.89. The van der Waals surface area contributed by atoms with Gasteiger partial charge >= 0.3 is 0 Å². The minimum absolute atomic E-state index is 0.596. The molecule has 0 radical (unpaired) electrons. The third kappa shape index (κ3) is 4.34. The monoisotopic (exact) mass is 259 g/mol. The van der Waals surface area contributed by atoms with Crippen molar-refractivity contribution in [3.63, 3.8) is 0 Å². The van der Waals surface area contributed by atoms with Crippen LogP contribution in [0.4, 0.5) is 0 Å². The number of likely N-dealkylation sites (N-methyl/N-ethyl adjacent to an activating group) is 2. The summed E-state index contributed by atoms with van der Waals surface area (Å²) in [5.74, 6) is 0.596. The molecular weight excluding hydrogens is 234 g/mol. The zero-order valence-electron chi connectivity index (χ0n) is 12.5. The molecule has 19 heavy (non-hydrogen) atoms. The molecule has 3 nitrogen and oxygen atoms in total. The lowest BCUT2D eigenvalue weighted by molar-refractivity contribution is 0.230. The molecule has 0 saturated heterocycles. The molecule has 0 aliphatic carbocycles. The largest absolute Gasteiger partial charge is 0.303 e. The highest BCUT2D eigenvalue weighted by atomic mass is 15.1. The lowest BCUT2D eigenvalue weighted by Crippen LogP contribution is -2.49. The highest BCUT2D eigenvalue weighted by Crippen LogP contribution is 2.21. The Balaban J connectivity index is 2.97. The maximum atomic E-state index is 9.70. The highest BCUT2D eigenvalue weighted by Gasteiger charge is 2.32. The van der Waals surface area contributed by atoms with Gasteiger partial charge in [0.05, 0.1) is 6.07 Å². The molecular formula is C16H25N3. The summed E-state index contributed by atoms with van der Waals surface area (Å²) < 4.78 is 0. The lowest BCUT2D eigenvalue weighted by atomic mass is 9.90. The second-order valence-electron chi connectivity index (χ2n) is 5.50. The fraction of sp³-hybridized carbons (Fsp3) is 0.562. The van der Waals surface area contributed by atoms with Crippen molar-refractivity contribution in [1.82, 2.24) is 10.2 Å². The van der Waals surface area contributed by atoms with Crippen LogP contribution in [-0.2, 0) is 5.54 Å². The van der Waals surface area contributed by atoms with Gasteiger partial charge in [0.25, 0.3) is 0 Å². The Bertz CT molecular complexity index is 408. The maximum absolute atomic E-state index is 9.70. The second-order valence-corrected chi connectivity index (χ2v) is 5.50. The molecule has 0 aliphatic heterocycles. The summed E-state index contributed by atoms with van der Waals surface area (Å²) in [4.78, 5) is 2.23. The molecule has 1 N–H and O–H groups in total. The fourth-order valence-corrected chi connectivity index (χ4v) is 2.51.